The van der Waals surface area contributed by atoms with E-state index in [1.807, 2.05) is 48.5 Å². The second-order valence-electron chi connectivity index (χ2n) is 6.21. The normalized spacial score (nSPS) is 10.9. The molecule has 0 radical (unpaired) electrons. The summed E-state index contributed by atoms with van der Waals surface area (Å²) in [5.74, 6) is 0.377. The molecule has 134 valence electrons. The van der Waals surface area contributed by atoms with Gasteiger partial charge in [-0.3, -0.25) is 4.79 Å². The molecule has 0 saturated carbocycles. The summed E-state index contributed by atoms with van der Waals surface area (Å²) >= 11 is 5.99. The minimum absolute atomic E-state index is 0.137. The van der Waals surface area contributed by atoms with Crippen LogP contribution in [-0.2, 0) is 6.42 Å². The van der Waals surface area contributed by atoms with E-state index in [1.54, 1.807) is 18.2 Å². The van der Waals surface area contributed by atoms with Crippen LogP contribution < -0.4 is 5.32 Å². The van der Waals surface area contributed by atoms with Crippen LogP contribution in [0, 0.1) is 0 Å². The highest BCUT2D eigenvalue weighted by atomic mass is 35.5. The number of halogens is 1. The van der Waals surface area contributed by atoms with Gasteiger partial charge in [0.1, 0.15) is 5.52 Å². The Morgan fingerprint density at radius 2 is 1.78 bits per heavy atom. The monoisotopic (exact) mass is 376 g/mol. The third kappa shape index (κ3) is 3.71. The Balaban J connectivity index is 1.51. The summed E-state index contributed by atoms with van der Waals surface area (Å²) in [6, 6.07) is 20.3. The fraction of sp³-hybridized carbons (Fsp3) is 0.0909. The SMILES string of the molecule is CCc1ccc(C(=O)Nc2ccc(-c3nc4cc(Cl)ccc4o3)cc2)cc1. The molecule has 1 N–H and O–H groups in total. The highest BCUT2D eigenvalue weighted by molar-refractivity contribution is 6.31. The highest BCUT2D eigenvalue weighted by Crippen LogP contribution is 2.27. The van der Waals surface area contributed by atoms with Crippen molar-refractivity contribution in [1.82, 2.24) is 4.98 Å². The second kappa shape index (κ2) is 7.25. The summed E-state index contributed by atoms with van der Waals surface area (Å²) in [5.41, 5.74) is 4.77. The number of carbonyl (C=O) groups is 1. The molecule has 0 aliphatic rings. The number of hydrogen-bond acceptors (Lipinski definition) is 3. The number of carbonyl (C=O) groups excluding carboxylic acids is 1. The minimum atomic E-state index is -0.137. The molecule has 0 fully saturated rings. The lowest BCUT2D eigenvalue weighted by Crippen LogP contribution is -2.11. The van der Waals surface area contributed by atoms with Crippen molar-refractivity contribution in [2.24, 2.45) is 0 Å². The van der Waals surface area contributed by atoms with Gasteiger partial charge >= 0.3 is 0 Å². The van der Waals surface area contributed by atoms with Crippen molar-refractivity contribution in [2.75, 3.05) is 5.32 Å². The van der Waals surface area contributed by atoms with E-state index in [4.69, 9.17) is 16.0 Å². The van der Waals surface area contributed by atoms with Gasteiger partial charge in [-0.1, -0.05) is 30.7 Å². The van der Waals surface area contributed by atoms with E-state index in [0.717, 1.165) is 12.0 Å². The Morgan fingerprint density at radius 1 is 1.04 bits per heavy atom. The first-order valence-corrected chi connectivity index (χ1v) is 9.07. The summed E-state index contributed by atoms with van der Waals surface area (Å²) in [6.45, 7) is 2.09. The van der Waals surface area contributed by atoms with Crippen molar-refractivity contribution in [3.8, 4) is 11.5 Å². The van der Waals surface area contributed by atoms with Crippen LogP contribution >= 0.6 is 11.6 Å². The Hall–Kier alpha value is -3.11. The van der Waals surface area contributed by atoms with Crippen LogP contribution in [0.5, 0.6) is 0 Å². The van der Waals surface area contributed by atoms with Crippen molar-refractivity contribution in [3.05, 3.63) is 82.9 Å². The van der Waals surface area contributed by atoms with Crippen molar-refractivity contribution in [2.45, 2.75) is 13.3 Å². The third-order valence-corrected chi connectivity index (χ3v) is 4.60. The van der Waals surface area contributed by atoms with E-state index >= 15 is 0 Å². The lowest BCUT2D eigenvalue weighted by atomic mass is 10.1. The Bertz CT molecular complexity index is 1100. The second-order valence-corrected chi connectivity index (χ2v) is 6.65. The number of fused-ring (bicyclic) bond motifs is 1. The van der Waals surface area contributed by atoms with E-state index in [0.29, 0.717) is 33.3 Å². The lowest BCUT2D eigenvalue weighted by molar-refractivity contribution is 0.102. The van der Waals surface area contributed by atoms with E-state index in [9.17, 15) is 4.79 Å². The Labute approximate surface area is 161 Å². The molecule has 1 aromatic heterocycles. The standard InChI is InChI=1S/C22H17ClN2O2/c1-2-14-3-5-15(6-4-14)21(26)24-18-10-7-16(8-11-18)22-25-19-13-17(23)9-12-20(19)27-22/h3-13H,2H2,1H3,(H,24,26). The van der Waals surface area contributed by atoms with Crippen molar-refractivity contribution < 1.29 is 9.21 Å². The molecule has 5 heteroatoms. The first kappa shape index (κ1) is 17.3. The van der Waals surface area contributed by atoms with Gasteiger partial charge in [-0.2, -0.15) is 0 Å². The number of nitrogens with one attached hydrogen (secondary N) is 1. The van der Waals surface area contributed by atoms with E-state index < -0.39 is 0 Å². The molecule has 0 saturated heterocycles. The molecule has 4 nitrogen and oxygen atoms in total. The zero-order valence-corrected chi connectivity index (χ0v) is 15.5. The molecule has 0 spiro atoms. The zero-order valence-electron chi connectivity index (χ0n) is 14.7. The van der Waals surface area contributed by atoms with Gasteiger partial charge in [0.2, 0.25) is 5.89 Å². The molecule has 1 heterocycles. The van der Waals surface area contributed by atoms with Gasteiger partial charge < -0.3 is 9.73 Å². The van der Waals surface area contributed by atoms with Crippen molar-refractivity contribution in [3.63, 3.8) is 0 Å². The molecule has 0 bridgehead atoms. The first-order valence-electron chi connectivity index (χ1n) is 8.69. The van der Waals surface area contributed by atoms with Crippen LogP contribution in [0.1, 0.15) is 22.8 Å². The zero-order chi connectivity index (χ0) is 18.8. The highest BCUT2D eigenvalue weighted by Gasteiger charge is 2.10. The molecular formula is C22H17ClN2O2. The maximum Gasteiger partial charge on any atom is 0.255 e. The van der Waals surface area contributed by atoms with Gasteiger partial charge in [0, 0.05) is 21.8 Å². The van der Waals surface area contributed by atoms with Crippen LogP contribution in [-0.4, -0.2) is 10.9 Å². The summed E-state index contributed by atoms with van der Waals surface area (Å²) in [7, 11) is 0. The molecule has 0 aliphatic heterocycles. The maximum absolute atomic E-state index is 12.4. The third-order valence-electron chi connectivity index (χ3n) is 4.36. The molecular weight excluding hydrogens is 360 g/mol. The van der Waals surface area contributed by atoms with Gasteiger partial charge in [0.15, 0.2) is 5.58 Å². The fourth-order valence-corrected chi connectivity index (χ4v) is 2.98. The Kier molecular flexibility index (Phi) is 4.65. The Morgan fingerprint density at radius 3 is 2.48 bits per heavy atom. The molecule has 0 unspecified atom stereocenters. The van der Waals surface area contributed by atoms with E-state index in [2.05, 4.69) is 17.2 Å². The maximum atomic E-state index is 12.4. The van der Waals surface area contributed by atoms with E-state index in [1.165, 1.54) is 5.56 Å². The first-order chi connectivity index (χ1) is 13.1. The van der Waals surface area contributed by atoms with Gasteiger partial charge in [-0.25, -0.2) is 4.98 Å². The number of amides is 1. The van der Waals surface area contributed by atoms with Gasteiger partial charge in [-0.15, -0.1) is 0 Å². The number of hydrogen-bond donors (Lipinski definition) is 1. The average molecular weight is 377 g/mol. The number of nitrogens with zero attached hydrogens (tertiary/aromatic N) is 1. The summed E-state index contributed by atoms with van der Waals surface area (Å²) in [5, 5.41) is 3.52. The molecule has 1 amide bonds. The predicted molar refractivity (Wildman–Crippen MR) is 108 cm³/mol. The number of anilines is 1. The lowest BCUT2D eigenvalue weighted by Gasteiger charge is -2.06. The van der Waals surface area contributed by atoms with Crippen molar-refractivity contribution >= 4 is 34.3 Å². The largest absolute Gasteiger partial charge is 0.436 e. The van der Waals surface area contributed by atoms with Crippen LogP contribution in [0.2, 0.25) is 5.02 Å². The number of aromatic nitrogens is 1. The van der Waals surface area contributed by atoms with Crippen LogP contribution in [0.3, 0.4) is 0 Å². The molecule has 0 aliphatic carbocycles. The van der Waals surface area contributed by atoms with Crippen LogP contribution in [0.25, 0.3) is 22.6 Å². The quantitative estimate of drug-likeness (QED) is 0.478. The predicted octanol–water partition coefficient (Wildman–Crippen LogP) is 5.96. The molecule has 3 aromatic carbocycles. The summed E-state index contributed by atoms with van der Waals surface area (Å²) in [4.78, 5) is 16.8. The smallest absolute Gasteiger partial charge is 0.255 e. The van der Waals surface area contributed by atoms with Crippen LogP contribution in [0.15, 0.2) is 71.1 Å². The number of oxazole rings is 1. The average Bonchev–Trinajstić information content (AvgIpc) is 3.11. The number of rotatable bonds is 4. The van der Waals surface area contributed by atoms with Crippen molar-refractivity contribution in [1.29, 1.82) is 0 Å². The van der Waals surface area contributed by atoms with Gasteiger partial charge in [0.05, 0.1) is 0 Å². The minimum Gasteiger partial charge on any atom is -0.436 e. The van der Waals surface area contributed by atoms with Gasteiger partial charge in [-0.05, 0) is 66.6 Å². The number of aryl methyl sites for hydroxylation is 1. The van der Waals surface area contributed by atoms with Crippen LogP contribution in [0.4, 0.5) is 5.69 Å². The van der Waals surface area contributed by atoms with Gasteiger partial charge in [0.25, 0.3) is 5.91 Å². The molecule has 27 heavy (non-hydrogen) atoms. The van der Waals surface area contributed by atoms with E-state index in [-0.39, 0.29) is 5.91 Å². The number of benzene rings is 3. The molecule has 4 rings (SSSR count). The molecule has 4 aromatic rings. The molecule has 0 atom stereocenters. The fourth-order valence-electron chi connectivity index (χ4n) is 2.82. The summed E-state index contributed by atoms with van der Waals surface area (Å²) < 4.78 is 5.76. The summed E-state index contributed by atoms with van der Waals surface area (Å²) in [6.07, 6.45) is 0.950. The topological polar surface area (TPSA) is 55.1 Å².